The Bertz CT molecular complexity index is 429. The monoisotopic (exact) mass is 365 g/mol. The van der Waals surface area contributed by atoms with Crippen molar-refractivity contribution in [2.45, 2.75) is 37.5 Å². The molecule has 0 fully saturated rings. The molecular formula is C10H15F8NO2S. The fourth-order valence-corrected chi connectivity index (χ4v) is 2.78. The molecule has 0 aliphatic heterocycles. The van der Waals surface area contributed by atoms with Crippen molar-refractivity contribution in [2.24, 2.45) is 0 Å². The summed E-state index contributed by atoms with van der Waals surface area (Å²) in [5, 5.41) is 1.94. The number of halogens is 8. The van der Waals surface area contributed by atoms with Crippen molar-refractivity contribution < 1.29 is 43.5 Å². The highest BCUT2D eigenvalue weighted by Gasteiger charge is 2.56. The SMILES string of the molecule is O=S(=O)(CCCNCC(F)(F)F)CCCC(F)(F)C(F)(F)F. The Morgan fingerprint density at radius 2 is 1.32 bits per heavy atom. The Labute approximate surface area is 122 Å². The molecule has 0 aliphatic carbocycles. The zero-order chi connectivity index (χ0) is 17.7. The van der Waals surface area contributed by atoms with E-state index >= 15 is 0 Å². The summed E-state index contributed by atoms with van der Waals surface area (Å²) in [6, 6.07) is 0. The number of rotatable bonds is 9. The summed E-state index contributed by atoms with van der Waals surface area (Å²) < 4.78 is 119. The minimum atomic E-state index is -5.74. The first-order chi connectivity index (χ1) is 9.66. The molecule has 0 spiro atoms. The van der Waals surface area contributed by atoms with Gasteiger partial charge < -0.3 is 5.32 Å². The first-order valence-electron chi connectivity index (χ1n) is 6.09. The summed E-state index contributed by atoms with van der Waals surface area (Å²) in [7, 11) is -3.89. The molecule has 12 heteroatoms. The van der Waals surface area contributed by atoms with E-state index in [0.29, 0.717) is 0 Å². The van der Waals surface area contributed by atoms with Gasteiger partial charge in [-0.25, -0.2) is 8.42 Å². The van der Waals surface area contributed by atoms with Crippen LogP contribution in [0.5, 0.6) is 0 Å². The molecule has 0 aromatic heterocycles. The molecule has 0 heterocycles. The summed E-state index contributed by atoms with van der Waals surface area (Å²) in [6.45, 7) is -1.57. The highest BCUT2D eigenvalue weighted by Crippen LogP contribution is 2.38. The Hall–Kier alpha value is -0.650. The third-order valence-electron chi connectivity index (χ3n) is 2.50. The lowest BCUT2D eigenvalue weighted by molar-refractivity contribution is -0.284. The summed E-state index contributed by atoms with van der Waals surface area (Å²) in [4.78, 5) is 0. The van der Waals surface area contributed by atoms with E-state index in [4.69, 9.17) is 0 Å². The molecule has 134 valence electrons. The fraction of sp³-hybridized carbons (Fsp3) is 1.00. The van der Waals surface area contributed by atoms with Crippen molar-refractivity contribution in [2.75, 3.05) is 24.6 Å². The third-order valence-corrected chi connectivity index (χ3v) is 4.32. The summed E-state index contributed by atoms with van der Waals surface area (Å²) in [5.74, 6) is -6.43. The fourth-order valence-electron chi connectivity index (χ4n) is 1.41. The Morgan fingerprint density at radius 1 is 0.818 bits per heavy atom. The predicted molar refractivity (Wildman–Crippen MR) is 62.4 cm³/mol. The second-order valence-corrected chi connectivity index (χ2v) is 6.91. The average Bonchev–Trinajstić information content (AvgIpc) is 2.24. The lowest BCUT2D eigenvalue weighted by Crippen LogP contribution is -2.36. The van der Waals surface area contributed by atoms with Gasteiger partial charge in [0.25, 0.3) is 0 Å². The van der Waals surface area contributed by atoms with Crippen LogP contribution in [-0.4, -0.2) is 51.3 Å². The quantitative estimate of drug-likeness (QED) is 0.505. The van der Waals surface area contributed by atoms with Crippen LogP contribution in [0.3, 0.4) is 0 Å². The molecule has 0 aromatic carbocycles. The van der Waals surface area contributed by atoms with Crippen LogP contribution in [0.15, 0.2) is 0 Å². The minimum Gasteiger partial charge on any atom is -0.309 e. The number of alkyl halides is 8. The summed E-state index contributed by atoms with van der Waals surface area (Å²) >= 11 is 0. The van der Waals surface area contributed by atoms with E-state index in [9.17, 15) is 43.5 Å². The molecule has 0 unspecified atom stereocenters. The molecule has 0 saturated heterocycles. The van der Waals surface area contributed by atoms with Gasteiger partial charge in [0, 0.05) is 6.42 Å². The summed E-state index contributed by atoms with van der Waals surface area (Å²) in [6.07, 6.45) is -12.9. The van der Waals surface area contributed by atoms with E-state index in [1.807, 2.05) is 5.32 Å². The van der Waals surface area contributed by atoms with E-state index in [0.717, 1.165) is 0 Å². The molecule has 0 aromatic rings. The summed E-state index contributed by atoms with van der Waals surface area (Å²) in [5.41, 5.74) is 0. The lowest BCUT2D eigenvalue weighted by atomic mass is 10.2. The number of nitrogens with one attached hydrogen (secondary N) is 1. The third kappa shape index (κ3) is 9.38. The van der Waals surface area contributed by atoms with Gasteiger partial charge in [0.2, 0.25) is 0 Å². The second-order valence-electron chi connectivity index (χ2n) is 4.60. The van der Waals surface area contributed by atoms with Gasteiger partial charge in [0.15, 0.2) is 0 Å². The lowest BCUT2D eigenvalue weighted by Gasteiger charge is -2.19. The molecule has 0 amide bonds. The predicted octanol–water partition coefficient (Wildman–Crippen LogP) is 2.92. The molecule has 0 aliphatic rings. The molecule has 22 heavy (non-hydrogen) atoms. The minimum absolute atomic E-state index is 0.200. The topological polar surface area (TPSA) is 46.2 Å². The van der Waals surface area contributed by atoms with Gasteiger partial charge in [0.1, 0.15) is 9.84 Å². The normalized spacial score (nSPS) is 14.4. The van der Waals surface area contributed by atoms with Gasteiger partial charge >= 0.3 is 18.3 Å². The zero-order valence-corrected chi connectivity index (χ0v) is 12.0. The van der Waals surface area contributed by atoms with Gasteiger partial charge in [0.05, 0.1) is 18.1 Å². The smallest absolute Gasteiger partial charge is 0.309 e. The molecule has 0 radical (unpaired) electrons. The van der Waals surface area contributed by atoms with Crippen molar-refractivity contribution in [3.05, 3.63) is 0 Å². The molecule has 3 nitrogen and oxygen atoms in total. The van der Waals surface area contributed by atoms with Gasteiger partial charge in [-0.1, -0.05) is 0 Å². The van der Waals surface area contributed by atoms with Gasteiger partial charge in [-0.15, -0.1) is 0 Å². The average molecular weight is 365 g/mol. The standard InChI is InChI=1S/C10H15F8NO2S/c11-8(12,10(16,17)18)3-1-5-22(20,21)6-2-4-19-7-9(13,14)15/h19H,1-7H2. The maximum atomic E-state index is 12.5. The van der Waals surface area contributed by atoms with Crippen LogP contribution in [0.4, 0.5) is 35.1 Å². The van der Waals surface area contributed by atoms with Crippen LogP contribution >= 0.6 is 0 Å². The maximum Gasteiger partial charge on any atom is 0.453 e. The van der Waals surface area contributed by atoms with Crippen molar-refractivity contribution in [3.63, 3.8) is 0 Å². The first kappa shape index (κ1) is 21.4. The first-order valence-corrected chi connectivity index (χ1v) is 7.91. The number of hydrogen-bond acceptors (Lipinski definition) is 3. The highest BCUT2D eigenvalue weighted by molar-refractivity contribution is 7.91. The van der Waals surface area contributed by atoms with Crippen molar-refractivity contribution in [1.82, 2.24) is 5.32 Å². The van der Waals surface area contributed by atoms with Crippen LogP contribution < -0.4 is 5.32 Å². The van der Waals surface area contributed by atoms with Gasteiger partial charge in [-0.05, 0) is 19.4 Å². The molecule has 1 N–H and O–H groups in total. The van der Waals surface area contributed by atoms with E-state index in [1.54, 1.807) is 0 Å². The van der Waals surface area contributed by atoms with Gasteiger partial charge in [-0.3, -0.25) is 0 Å². The van der Waals surface area contributed by atoms with Crippen molar-refractivity contribution in [3.8, 4) is 0 Å². The van der Waals surface area contributed by atoms with Crippen LogP contribution in [-0.2, 0) is 9.84 Å². The molecule has 0 atom stereocenters. The van der Waals surface area contributed by atoms with Crippen molar-refractivity contribution >= 4 is 9.84 Å². The zero-order valence-electron chi connectivity index (χ0n) is 11.2. The van der Waals surface area contributed by atoms with Crippen LogP contribution in [0.25, 0.3) is 0 Å². The van der Waals surface area contributed by atoms with Crippen LogP contribution in [0.1, 0.15) is 19.3 Å². The molecule has 0 saturated carbocycles. The maximum absolute atomic E-state index is 12.5. The number of hydrogen-bond donors (Lipinski definition) is 1. The number of sulfone groups is 1. The highest BCUT2D eigenvalue weighted by atomic mass is 32.2. The largest absolute Gasteiger partial charge is 0.453 e. The Kier molecular flexibility index (Phi) is 7.52. The molecular weight excluding hydrogens is 350 g/mol. The van der Waals surface area contributed by atoms with E-state index in [1.165, 1.54) is 0 Å². The van der Waals surface area contributed by atoms with E-state index in [-0.39, 0.29) is 13.0 Å². The molecule has 0 bridgehead atoms. The molecule has 0 rings (SSSR count). The van der Waals surface area contributed by atoms with E-state index < -0.39 is 59.0 Å². The van der Waals surface area contributed by atoms with E-state index in [2.05, 4.69) is 0 Å². The Balaban J connectivity index is 4.02. The van der Waals surface area contributed by atoms with Gasteiger partial charge in [-0.2, -0.15) is 35.1 Å². The van der Waals surface area contributed by atoms with Crippen LogP contribution in [0, 0.1) is 0 Å². The van der Waals surface area contributed by atoms with Crippen LogP contribution in [0.2, 0.25) is 0 Å². The van der Waals surface area contributed by atoms with Crippen molar-refractivity contribution in [1.29, 1.82) is 0 Å². The second kappa shape index (κ2) is 7.75. The Morgan fingerprint density at radius 3 is 1.77 bits per heavy atom.